The highest BCUT2D eigenvalue weighted by molar-refractivity contribution is 5.83. The minimum absolute atomic E-state index is 0.143. The summed E-state index contributed by atoms with van der Waals surface area (Å²) < 4.78 is 0. The normalized spacial score (nSPS) is 10.7. The summed E-state index contributed by atoms with van der Waals surface area (Å²) in [5.41, 5.74) is 2.22. The molecule has 2 aromatic rings. The summed E-state index contributed by atoms with van der Waals surface area (Å²) in [5.74, 6) is 0.908. The summed E-state index contributed by atoms with van der Waals surface area (Å²) in [6.07, 6.45) is 0. The van der Waals surface area contributed by atoms with E-state index < -0.39 is 0 Å². The molecule has 3 nitrogen and oxygen atoms in total. The summed E-state index contributed by atoms with van der Waals surface area (Å²) in [5, 5.41) is 10.1. The predicted octanol–water partition coefficient (Wildman–Crippen LogP) is 1.97. The van der Waals surface area contributed by atoms with Crippen LogP contribution in [0.2, 0.25) is 0 Å². The van der Waals surface area contributed by atoms with Crippen molar-refractivity contribution in [1.29, 1.82) is 0 Å². The maximum atomic E-state index is 8.91. The van der Waals surface area contributed by atoms with Crippen molar-refractivity contribution in [3.63, 3.8) is 0 Å². The molecule has 1 heterocycles. The molecule has 3 heteroatoms. The molecule has 1 aromatic heterocycles. The Morgan fingerprint density at radius 2 is 2.06 bits per heavy atom. The number of hydrogen-bond acceptors (Lipinski definition) is 3. The third-order valence-corrected chi connectivity index (χ3v) is 2.74. The highest BCUT2D eigenvalue weighted by Gasteiger charge is 2.05. The van der Waals surface area contributed by atoms with E-state index in [9.17, 15) is 0 Å². The molecule has 0 aliphatic carbocycles. The van der Waals surface area contributed by atoms with Gasteiger partial charge in [0, 0.05) is 19.0 Å². The molecule has 0 amide bonds. The van der Waals surface area contributed by atoms with E-state index in [4.69, 9.17) is 5.11 Å². The van der Waals surface area contributed by atoms with Crippen LogP contribution in [0.5, 0.6) is 0 Å². The molecule has 0 bridgehead atoms. The summed E-state index contributed by atoms with van der Waals surface area (Å²) in [4.78, 5) is 6.53. The maximum absolute atomic E-state index is 8.91. The zero-order chi connectivity index (χ0) is 11.5. The highest BCUT2D eigenvalue weighted by Crippen LogP contribution is 2.21. The van der Waals surface area contributed by atoms with Crippen LogP contribution in [0.25, 0.3) is 10.9 Å². The highest BCUT2D eigenvalue weighted by atomic mass is 16.3. The smallest absolute Gasteiger partial charge is 0.129 e. The summed E-state index contributed by atoms with van der Waals surface area (Å²) in [7, 11) is 1.94. The van der Waals surface area contributed by atoms with Gasteiger partial charge in [0.25, 0.3) is 0 Å². The molecule has 2 rings (SSSR count). The Hall–Kier alpha value is -1.61. The van der Waals surface area contributed by atoms with E-state index in [0.717, 1.165) is 11.3 Å². The van der Waals surface area contributed by atoms with Crippen LogP contribution in [0.4, 0.5) is 5.82 Å². The number of nitrogens with zero attached hydrogens (tertiary/aromatic N) is 2. The molecule has 0 spiro atoms. The third-order valence-electron chi connectivity index (χ3n) is 2.74. The van der Waals surface area contributed by atoms with Gasteiger partial charge in [0.05, 0.1) is 12.1 Å². The quantitative estimate of drug-likeness (QED) is 0.852. The Bertz CT molecular complexity index is 496. The zero-order valence-electron chi connectivity index (χ0n) is 9.64. The predicted molar refractivity (Wildman–Crippen MR) is 66.8 cm³/mol. The van der Waals surface area contributed by atoms with E-state index in [1.165, 1.54) is 10.9 Å². The van der Waals surface area contributed by atoms with Crippen molar-refractivity contribution in [1.82, 2.24) is 4.98 Å². The topological polar surface area (TPSA) is 36.4 Å². The summed E-state index contributed by atoms with van der Waals surface area (Å²) in [6, 6.07) is 10.2. The lowest BCUT2D eigenvalue weighted by molar-refractivity contribution is 0.304. The Morgan fingerprint density at radius 1 is 1.31 bits per heavy atom. The molecular weight excluding hydrogens is 200 g/mol. The number of anilines is 1. The molecular formula is C13H16N2O. The number of hydrogen-bond donors (Lipinski definition) is 1. The number of rotatable bonds is 3. The lowest BCUT2D eigenvalue weighted by Gasteiger charge is -2.18. The third kappa shape index (κ3) is 1.99. The Kier molecular flexibility index (Phi) is 3.06. The Balaban J connectivity index is 2.49. The first-order chi connectivity index (χ1) is 7.72. The van der Waals surface area contributed by atoms with Gasteiger partial charge in [-0.1, -0.05) is 18.2 Å². The van der Waals surface area contributed by atoms with Gasteiger partial charge in [-0.25, -0.2) is 4.98 Å². The molecule has 0 radical (unpaired) electrons. The van der Waals surface area contributed by atoms with E-state index in [1.807, 2.05) is 30.1 Å². The van der Waals surface area contributed by atoms with Gasteiger partial charge >= 0.3 is 0 Å². The average molecular weight is 216 g/mol. The molecule has 1 N–H and O–H groups in total. The van der Waals surface area contributed by atoms with Gasteiger partial charge in [0.2, 0.25) is 0 Å². The van der Waals surface area contributed by atoms with Crippen LogP contribution in [0.15, 0.2) is 30.3 Å². The molecule has 16 heavy (non-hydrogen) atoms. The van der Waals surface area contributed by atoms with Crippen molar-refractivity contribution in [2.75, 3.05) is 25.1 Å². The minimum Gasteiger partial charge on any atom is -0.395 e. The van der Waals surface area contributed by atoms with Crippen LogP contribution >= 0.6 is 0 Å². The number of likely N-dealkylation sites (N-methyl/N-ethyl adjacent to an activating group) is 1. The van der Waals surface area contributed by atoms with Crippen LogP contribution in [0.1, 0.15) is 5.56 Å². The van der Waals surface area contributed by atoms with Crippen LogP contribution in [-0.2, 0) is 0 Å². The average Bonchev–Trinajstić information content (AvgIpc) is 2.29. The van der Waals surface area contributed by atoms with Gasteiger partial charge in [0.15, 0.2) is 0 Å². The van der Waals surface area contributed by atoms with Gasteiger partial charge in [-0.15, -0.1) is 0 Å². The van der Waals surface area contributed by atoms with E-state index in [-0.39, 0.29) is 6.61 Å². The van der Waals surface area contributed by atoms with E-state index >= 15 is 0 Å². The number of pyridine rings is 1. The zero-order valence-corrected chi connectivity index (χ0v) is 9.64. The number of fused-ring (bicyclic) bond motifs is 1. The monoisotopic (exact) mass is 216 g/mol. The lowest BCUT2D eigenvalue weighted by atomic mass is 10.1. The number of para-hydroxylation sites is 1. The van der Waals surface area contributed by atoms with E-state index in [0.29, 0.717) is 6.54 Å². The molecule has 0 aliphatic rings. The number of aryl methyl sites for hydroxylation is 1. The lowest BCUT2D eigenvalue weighted by Crippen LogP contribution is -2.22. The molecule has 1 aromatic carbocycles. The molecule has 0 aliphatic heterocycles. The summed E-state index contributed by atoms with van der Waals surface area (Å²) in [6.45, 7) is 2.83. The van der Waals surface area contributed by atoms with Crippen LogP contribution in [0, 0.1) is 6.92 Å². The number of aliphatic hydroxyl groups excluding tert-OH is 1. The largest absolute Gasteiger partial charge is 0.395 e. The van der Waals surface area contributed by atoms with E-state index in [2.05, 4.69) is 24.0 Å². The Labute approximate surface area is 95.3 Å². The second-order valence-electron chi connectivity index (χ2n) is 3.96. The van der Waals surface area contributed by atoms with Crippen molar-refractivity contribution >= 4 is 16.7 Å². The Morgan fingerprint density at radius 3 is 2.81 bits per heavy atom. The van der Waals surface area contributed by atoms with Crippen molar-refractivity contribution < 1.29 is 5.11 Å². The van der Waals surface area contributed by atoms with Gasteiger partial charge in [-0.3, -0.25) is 0 Å². The SMILES string of the molecule is Cc1cc(N(C)CCO)nc2ccccc12. The molecule has 0 saturated heterocycles. The fraction of sp³-hybridized carbons (Fsp3) is 0.308. The molecule has 84 valence electrons. The van der Waals surface area contributed by atoms with Crippen LogP contribution in [0.3, 0.4) is 0 Å². The number of aromatic nitrogens is 1. The molecule has 0 saturated carbocycles. The van der Waals surface area contributed by atoms with Crippen molar-refractivity contribution in [3.05, 3.63) is 35.9 Å². The summed E-state index contributed by atoms with van der Waals surface area (Å²) >= 11 is 0. The second-order valence-corrected chi connectivity index (χ2v) is 3.96. The second kappa shape index (κ2) is 4.49. The first kappa shape index (κ1) is 10.9. The standard InChI is InChI=1S/C13H16N2O/c1-10-9-13(15(2)7-8-16)14-12-6-4-3-5-11(10)12/h3-6,9,16H,7-8H2,1-2H3. The van der Waals surface area contributed by atoms with Gasteiger partial charge in [0.1, 0.15) is 5.82 Å². The van der Waals surface area contributed by atoms with Crippen molar-refractivity contribution in [2.45, 2.75) is 6.92 Å². The fourth-order valence-electron chi connectivity index (χ4n) is 1.79. The molecule has 0 fully saturated rings. The van der Waals surface area contributed by atoms with Gasteiger partial charge in [-0.05, 0) is 24.6 Å². The first-order valence-electron chi connectivity index (χ1n) is 5.41. The van der Waals surface area contributed by atoms with Crippen LogP contribution in [-0.4, -0.2) is 30.3 Å². The minimum atomic E-state index is 0.143. The van der Waals surface area contributed by atoms with E-state index in [1.54, 1.807) is 0 Å². The van der Waals surface area contributed by atoms with Crippen molar-refractivity contribution in [3.8, 4) is 0 Å². The molecule has 0 unspecified atom stereocenters. The maximum Gasteiger partial charge on any atom is 0.129 e. The fourth-order valence-corrected chi connectivity index (χ4v) is 1.79. The number of benzene rings is 1. The van der Waals surface area contributed by atoms with Gasteiger partial charge in [-0.2, -0.15) is 0 Å². The van der Waals surface area contributed by atoms with Gasteiger partial charge < -0.3 is 10.0 Å². The first-order valence-corrected chi connectivity index (χ1v) is 5.41. The molecule has 0 atom stereocenters. The number of aliphatic hydroxyl groups is 1. The van der Waals surface area contributed by atoms with Crippen LogP contribution < -0.4 is 4.90 Å². The van der Waals surface area contributed by atoms with Crippen molar-refractivity contribution in [2.24, 2.45) is 0 Å².